The molecule has 0 fully saturated rings. The number of thioether (sulfide) groups is 1. The number of hydrogen-bond donors (Lipinski definition) is 1. The largest absolute Gasteiger partial charge is 0.491 e. The van der Waals surface area contributed by atoms with Gasteiger partial charge in [-0.1, -0.05) is 35.9 Å². The van der Waals surface area contributed by atoms with E-state index in [4.69, 9.17) is 16.3 Å². The normalized spacial score (nSPS) is 18.3. The summed E-state index contributed by atoms with van der Waals surface area (Å²) >= 11 is 8.09. The van der Waals surface area contributed by atoms with Gasteiger partial charge in [-0.05, 0) is 36.2 Å². The van der Waals surface area contributed by atoms with Gasteiger partial charge in [0.25, 0.3) is 0 Å². The maximum Gasteiger partial charge on any atom is 0.137 e. The van der Waals surface area contributed by atoms with Crippen LogP contribution in [0.5, 0.6) is 5.75 Å². The van der Waals surface area contributed by atoms with Gasteiger partial charge in [0.2, 0.25) is 0 Å². The zero-order chi connectivity index (χ0) is 14.8. The lowest BCUT2D eigenvalue weighted by molar-refractivity contribution is 0.199. The second-order valence-corrected chi connectivity index (χ2v) is 6.69. The molecule has 0 radical (unpaired) electrons. The van der Waals surface area contributed by atoms with Gasteiger partial charge in [0, 0.05) is 16.6 Å². The second kappa shape index (κ2) is 6.30. The molecule has 2 nitrogen and oxygen atoms in total. The summed E-state index contributed by atoms with van der Waals surface area (Å²) < 4.78 is 5.89. The molecule has 0 spiro atoms. The molecule has 2 atom stereocenters. The van der Waals surface area contributed by atoms with Crippen molar-refractivity contribution in [2.75, 3.05) is 12.4 Å². The van der Waals surface area contributed by atoms with E-state index in [0.29, 0.717) is 23.3 Å². The molecule has 21 heavy (non-hydrogen) atoms. The molecule has 2 aromatic carbocycles. The van der Waals surface area contributed by atoms with Gasteiger partial charge in [-0.2, -0.15) is 0 Å². The predicted molar refractivity (Wildman–Crippen MR) is 87.5 cm³/mol. The summed E-state index contributed by atoms with van der Waals surface area (Å²) in [5.74, 6) is 2.12. The average Bonchev–Trinajstić information content (AvgIpc) is 2.89. The summed E-state index contributed by atoms with van der Waals surface area (Å²) in [5, 5.41) is 10.1. The first-order valence-corrected chi connectivity index (χ1v) is 8.33. The highest BCUT2D eigenvalue weighted by molar-refractivity contribution is 7.99. The van der Waals surface area contributed by atoms with Crippen LogP contribution in [0.4, 0.5) is 0 Å². The molecule has 2 unspecified atom stereocenters. The van der Waals surface area contributed by atoms with Gasteiger partial charge in [-0.3, -0.25) is 0 Å². The number of aliphatic hydroxyl groups excluding tert-OH is 1. The van der Waals surface area contributed by atoms with Crippen LogP contribution in [0.15, 0.2) is 47.4 Å². The molecule has 1 N–H and O–H groups in total. The van der Waals surface area contributed by atoms with Gasteiger partial charge in [0.1, 0.15) is 5.75 Å². The highest BCUT2D eigenvalue weighted by atomic mass is 35.5. The fourth-order valence-electron chi connectivity index (χ4n) is 2.45. The molecular weight excluding hydrogens is 304 g/mol. The van der Waals surface area contributed by atoms with Crippen molar-refractivity contribution in [1.29, 1.82) is 0 Å². The molecule has 1 heterocycles. The maximum absolute atomic E-state index is 9.55. The van der Waals surface area contributed by atoms with Crippen molar-refractivity contribution in [2.45, 2.75) is 23.8 Å². The van der Waals surface area contributed by atoms with E-state index >= 15 is 0 Å². The standard InChI is InChI=1S/C17H17ClO2S/c1-11(19)12-6-7-16(15(18)8-12)20-9-13-10-21-17-5-3-2-4-14(13)17/h2-8,11,13,19H,9-10H2,1H3. The first-order valence-electron chi connectivity index (χ1n) is 6.97. The molecule has 0 saturated heterocycles. The SMILES string of the molecule is CC(O)c1ccc(OCC2CSc3ccccc32)c(Cl)c1. The van der Waals surface area contributed by atoms with Crippen LogP contribution < -0.4 is 4.74 Å². The van der Waals surface area contributed by atoms with Gasteiger partial charge in [0.15, 0.2) is 0 Å². The number of rotatable bonds is 4. The minimum Gasteiger partial charge on any atom is -0.491 e. The van der Waals surface area contributed by atoms with Crippen LogP contribution in [0.2, 0.25) is 5.02 Å². The van der Waals surface area contributed by atoms with Gasteiger partial charge in [-0.15, -0.1) is 11.8 Å². The maximum atomic E-state index is 9.55. The third-order valence-electron chi connectivity index (χ3n) is 3.68. The number of benzene rings is 2. The highest BCUT2D eigenvalue weighted by Crippen LogP contribution is 2.40. The summed E-state index contributed by atoms with van der Waals surface area (Å²) in [5.41, 5.74) is 2.16. The van der Waals surface area contributed by atoms with E-state index in [1.165, 1.54) is 10.5 Å². The zero-order valence-corrected chi connectivity index (χ0v) is 13.3. The fraction of sp³-hybridized carbons (Fsp3) is 0.294. The van der Waals surface area contributed by atoms with E-state index in [9.17, 15) is 5.11 Å². The number of ether oxygens (including phenoxy) is 1. The van der Waals surface area contributed by atoms with E-state index in [1.54, 1.807) is 13.0 Å². The molecule has 0 saturated carbocycles. The van der Waals surface area contributed by atoms with Crippen LogP contribution >= 0.6 is 23.4 Å². The van der Waals surface area contributed by atoms with Crippen molar-refractivity contribution in [3.8, 4) is 5.75 Å². The Bertz CT molecular complexity index is 642. The highest BCUT2D eigenvalue weighted by Gasteiger charge is 2.23. The molecule has 2 aromatic rings. The molecule has 1 aliphatic heterocycles. The van der Waals surface area contributed by atoms with Crippen LogP contribution in [0.1, 0.15) is 30.1 Å². The molecular formula is C17H17ClO2S. The van der Waals surface area contributed by atoms with Gasteiger partial charge >= 0.3 is 0 Å². The smallest absolute Gasteiger partial charge is 0.137 e. The van der Waals surface area contributed by atoms with Crippen molar-refractivity contribution in [3.63, 3.8) is 0 Å². The number of hydrogen-bond acceptors (Lipinski definition) is 3. The lowest BCUT2D eigenvalue weighted by Crippen LogP contribution is -2.10. The molecule has 4 heteroatoms. The summed E-state index contributed by atoms with van der Waals surface area (Å²) in [6, 6.07) is 13.9. The minimum absolute atomic E-state index is 0.402. The van der Waals surface area contributed by atoms with E-state index in [0.717, 1.165) is 11.3 Å². The summed E-state index contributed by atoms with van der Waals surface area (Å²) in [6.45, 7) is 2.34. The van der Waals surface area contributed by atoms with Gasteiger partial charge < -0.3 is 9.84 Å². The Morgan fingerprint density at radius 1 is 1.33 bits per heavy atom. The molecule has 0 aliphatic carbocycles. The Labute approximate surface area is 134 Å². The van der Waals surface area contributed by atoms with Crippen LogP contribution in [0.25, 0.3) is 0 Å². The van der Waals surface area contributed by atoms with E-state index < -0.39 is 6.10 Å². The lowest BCUT2D eigenvalue weighted by atomic mass is 10.0. The van der Waals surface area contributed by atoms with Crippen LogP contribution in [-0.2, 0) is 0 Å². The fourth-order valence-corrected chi connectivity index (χ4v) is 3.93. The van der Waals surface area contributed by atoms with Crippen molar-refractivity contribution >= 4 is 23.4 Å². The van der Waals surface area contributed by atoms with Crippen molar-refractivity contribution in [3.05, 3.63) is 58.6 Å². The topological polar surface area (TPSA) is 29.5 Å². The van der Waals surface area contributed by atoms with Crippen LogP contribution in [0, 0.1) is 0 Å². The molecule has 1 aliphatic rings. The first-order chi connectivity index (χ1) is 10.1. The quantitative estimate of drug-likeness (QED) is 0.888. The zero-order valence-electron chi connectivity index (χ0n) is 11.8. The summed E-state index contributed by atoms with van der Waals surface area (Å²) in [4.78, 5) is 1.35. The summed E-state index contributed by atoms with van der Waals surface area (Å²) in [7, 11) is 0. The predicted octanol–water partition coefficient (Wildman–Crippen LogP) is 4.66. The van der Waals surface area contributed by atoms with Crippen LogP contribution in [0.3, 0.4) is 0 Å². The molecule has 0 amide bonds. The van der Waals surface area contributed by atoms with Gasteiger partial charge in [-0.25, -0.2) is 0 Å². The average molecular weight is 321 g/mol. The summed E-state index contributed by atoms with van der Waals surface area (Å²) in [6.07, 6.45) is -0.519. The second-order valence-electron chi connectivity index (χ2n) is 5.22. The molecule has 0 bridgehead atoms. The lowest BCUT2D eigenvalue weighted by Gasteiger charge is -2.14. The van der Waals surface area contributed by atoms with Crippen molar-refractivity contribution < 1.29 is 9.84 Å². The Balaban J connectivity index is 1.69. The molecule has 3 rings (SSSR count). The first kappa shape index (κ1) is 14.8. The van der Waals surface area contributed by atoms with E-state index in [2.05, 4.69) is 24.3 Å². The Hall–Kier alpha value is -1.16. The van der Waals surface area contributed by atoms with Gasteiger partial charge in [0.05, 0.1) is 17.7 Å². The van der Waals surface area contributed by atoms with Crippen molar-refractivity contribution in [2.24, 2.45) is 0 Å². The Morgan fingerprint density at radius 2 is 2.14 bits per heavy atom. The molecule has 110 valence electrons. The van der Waals surface area contributed by atoms with Crippen molar-refractivity contribution in [1.82, 2.24) is 0 Å². The Morgan fingerprint density at radius 3 is 2.90 bits per heavy atom. The van der Waals surface area contributed by atoms with Crippen LogP contribution in [-0.4, -0.2) is 17.5 Å². The third kappa shape index (κ3) is 3.20. The number of halogens is 1. The number of fused-ring (bicyclic) bond motifs is 1. The third-order valence-corrected chi connectivity index (χ3v) is 5.22. The van der Waals surface area contributed by atoms with E-state index in [-0.39, 0.29) is 0 Å². The monoisotopic (exact) mass is 320 g/mol. The Kier molecular flexibility index (Phi) is 4.43. The number of aliphatic hydroxyl groups is 1. The minimum atomic E-state index is -0.519. The van der Waals surface area contributed by atoms with E-state index in [1.807, 2.05) is 23.9 Å². The molecule has 0 aromatic heterocycles.